The van der Waals surface area contributed by atoms with E-state index < -0.39 is 0 Å². The van der Waals surface area contributed by atoms with Gasteiger partial charge in [-0.3, -0.25) is 9.69 Å². The number of aliphatic hydroxyl groups excluding tert-OH is 1. The third-order valence-electron chi connectivity index (χ3n) is 7.14. The lowest BCUT2D eigenvalue weighted by molar-refractivity contribution is 0.0815. The molecule has 1 saturated heterocycles. The minimum atomic E-state index is -0.0561. The number of piperazine rings is 1. The fourth-order valence-electron chi connectivity index (χ4n) is 5.20. The van der Waals surface area contributed by atoms with Gasteiger partial charge in [-0.15, -0.1) is 0 Å². The molecule has 36 heavy (non-hydrogen) atoms. The number of nitrogens with zero attached hydrogens (tertiary/aromatic N) is 8. The Hall–Kier alpha value is -3.44. The van der Waals surface area contributed by atoms with Gasteiger partial charge in [0.2, 0.25) is 0 Å². The Bertz CT molecular complexity index is 1300. The van der Waals surface area contributed by atoms with E-state index in [-0.39, 0.29) is 24.5 Å². The first kappa shape index (κ1) is 24.3. The molecule has 3 aromatic rings. The summed E-state index contributed by atoms with van der Waals surface area (Å²) >= 11 is 0. The number of hydrogen-bond acceptors (Lipinski definition) is 8. The molecule has 0 radical (unpaired) electrons. The molecule has 5 rings (SSSR count). The maximum Gasteiger partial charge on any atom is 0.270 e. The Balaban J connectivity index is 1.45. The monoisotopic (exact) mass is 494 g/mol. The Labute approximate surface area is 209 Å². The predicted octanol–water partition coefficient (Wildman–Crippen LogP) is 1.63. The number of β-amino-alcohol motifs (C(OH)–C–C–N with tert-alkyl or cyclic N) is 1. The van der Waals surface area contributed by atoms with Crippen LogP contribution in [0.25, 0.3) is 11.0 Å². The smallest absolute Gasteiger partial charge is 0.270 e. The van der Waals surface area contributed by atoms with E-state index in [1.54, 1.807) is 37.5 Å². The number of aliphatic hydroxyl groups is 1. The Morgan fingerprint density at radius 2 is 1.92 bits per heavy atom. The van der Waals surface area contributed by atoms with Crippen molar-refractivity contribution in [2.24, 2.45) is 4.99 Å². The molecule has 0 unspecified atom stereocenters. The zero-order valence-corrected chi connectivity index (χ0v) is 20.9. The zero-order valence-electron chi connectivity index (χ0n) is 20.9. The van der Waals surface area contributed by atoms with Gasteiger partial charge in [-0.1, -0.05) is 12.8 Å². The Morgan fingerprint density at radius 3 is 2.58 bits per heavy atom. The van der Waals surface area contributed by atoms with Crippen molar-refractivity contribution in [2.45, 2.75) is 31.7 Å². The highest BCUT2D eigenvalue weighted by molar-refractivity contribution is 5.97. The molecule has 1 saturated carbocycles. The van der Waals surface area contributed by atoms with Crippen LogP contribution in [0.15, 0.2) is 35.6 Å². The number of anilines is 1. The molecule has 0 bridgehead atoms. The Kier molecular flexibility index (Phi) is 6.92. The third kappa shape index (κ3) is 4.80. The van der Waals surface area contributed by atoms with Gasteiger partial charge in [0, 0.05) is 64.4 Å². The van der Waals surface area contributed by atoms with Gasteiger partial charge in [-0.25, -0.2) is 4.98 Å². The van der Waals surface area contributed by atoms with Crippen LogP contribution in [0.5, 0.6) is 0 Å². The zero-order chi connectivity index (χ0) is 25.2. The molecule has 0 atom stereocenters. The molecule has 1 aliphatic carbocycles. The number of pyridine rings is 1. The summed E-state index contributed by atoms with van der Waals surface area (Å²) in [7, 11) is 3.51. The summed E-state index contributed by atoms with van der Waals surface area (Å²) in [5.74, 6) is 0.177. The maximum absolute atomic E-state index is 12.9. The summed E-state index contributed by atoms with van der Waals surface area (Å²) in [6.45, 7) is 4.23. The van der Waals surface area contributed by atoms with Gasteiger partial charge >= 0.3 is 0 Å². The predicted molar refractivity (Wildman–Crippen MR) is 136 cm³/mol. The molecule has 3 aromatic heterocycles. The SMILES string of the molecule is CN(C)C(=O)c1cc2cnc(/N=c3/ccc(N4CCN(CCO)CC4)cn3O)nc2n1C1CCCC1. The van der Waals surface area contributed by atoms with Gasteiger partial charge in [0.1, 0.15) is 11.3 Å². The van der Waals surface area contributed by atoms with E-state index in [2.05, 4.69) is 24.3 Å². The van der Waals surface area contributed by atoms with Crippen LogP contribution in [0, 0.1) is 0 Å². The van der Waals surface area contributed by atoms with Crippen molar-refractivity contribution < 1.29 is 15.1 Å². The van der Waals surface area contributed by atoms with Crippen molar-refractivity contribution >= 4 is 28.6 Å². The second kappa shape index (κ2) is 10.3. The van der Waals surface area contributed by atoms with Crippen molar-refractivity contribution in [1.82, 2.24) is 29.1 Å². The van der Waals surface area contributed by atoms with Gasteiger partial charge in [-0.2, -0.15) is 14.7 Å². The number of hydrogen-bond donors (Lipinski definition) is 2. The van der Waals surface area contributed by atoms with E-state index in [1.165, 1.54) is 0 Å². The lowest BCUT2D eigenvalue weighted by Gasteiger charge is -2.35. The first-order valence-corrected chi connectivity index (χ1v) is 12.6. The van der Waals surface area contributed by atoms with Crippen LogP contribution >= 0.6 is 0 Å². The van der Waals surface area contributed by atoms with E-state index in [0.29, 0.717) is 23.4 Å². The largest absolute Gasteiger partial charge is 0.427 e. The average Bonchev–Trinajstić information content (AvgIpc) is 3.53. The number of fused-ring (bicyclic) bond motifs is 1. The average molecular weight is 495 g/mol. The van der Waals surface area contributed by atoms with E-state index in [4.69, 9.17) is 10.1 Å². The quantitative estimate of drug-likeness (QED) is 0.501. The van der Waals surface area contributed by atoms with Crippen LogP contribution in [0.2, 0.25) is 0 Å². The number of amides is 1. The van der Waals surface area contributed by atoms with E-state index in [1.807, 2.05) is 12.1 Å². The van der Waals surface area contributed by atoms with Crippen molar-refractivity contribution in [3.05, 3.63) is 41.8 Å². The summed E-state index contributed by atoms with van der Waals surface area (Å²) < 4.78 is 3.05. The third-order valence-corrected chi connectivity index (χ3v) is 7.14. The molecule has 4 heterocycles. The van der Waals surface area contributed by atoms with Gasteiger partial charge in [0.05, 0.1) is 18.5 Å². The van der Waals surface area contributed by atoms with Crippen LogP contribution in [0.4, 0.5) is 11.6 Å². The highest BCUT2D eigenvalue weighted by atomic mass is 16.5. The minimum absolute atomic E-state index is 0.0561. The number of carbonyl (C=O) groups is 1. The summed E-state index contributed by atoms with van der Waals surface area (Å²) in [4.78, 5) is 32.5. The van der Waals surface area contributed by atoms with Crippen LogP contribution in [-0.4, -0.2) is 98.7 Å². The van der Waals surface area contributed by atoms with Crippen LogP contribution < -0.4 is 10.4 Å². The molecular weight excluding hydrogens is 460 g/mol. The van der Waals surface area contributed by atoms with Crippen molar-refractivity contribution in [2.75, 3.05) is 58.3 Å². The van der Waals surface area contributed by atoms with Crippen molar-refractivity contribution in [3.63, 3.8) is 0 Å². The van der Waals surface area contributed by atoms with Crippen molar-refractivity contribution in [1.29, 1.82) is 0 Å². The van der Waals surface area contributed by atoms with E-state index in [0.717, 1.165) is 67.7 Å². The molecule has 0 aromatic carbocycles. The summed E-state index contributed by atoms with van der Waals surface area (Å²) in [5.41, 5.74) is 2.54. The Morgan fingerprint density at radius 1 is 1.17 bits per heavy atom. The molecule has 2 aliphatic rings. The topological polar surface area (TPSA) is 115 Å². The molecule has 2 fully saturated rings. The molecule has 1 amide bonds. The molecule has 11 heteroatoms. The second-order valence-corrected chi connectivity index (χ2v) is 9.74. The first-order chi connectivity index (χ1) is 17.4. The molecular formula is C25H34N8O3. The standard InChI is InChI=1S/C25H34N8O3/c1-29(2)24(35)21-15-18-16-26-25(28-23(18)33(21)19-5-3-4-6-19)27-22-8-7-20(17-32(22)36)31-11-9-30(10-12-31)13-14-34/h7-8,15-17,19,34,36H,3-6,9-14H2,1-2H3/b27-22-. The van der Waals surface area contributed by atoms with E-state index in [9.17, 15) is 10.0 Å². The van der Waals surface area contributed by atoms with Gasteiger partial charge in [0.15, 0.2) is 5.49 Å². The number of rotatable bonds is 6. The minimum Gasteiger partial charge on any atom is -0.427 e. The van der Waals surface area contributed by atoms with Gasteiger partial charge in [0.25, 0.3) is 11.9 Å². The van der Waals surface area contributed by atoms with Gasteiger partial charge in [-0.05, 0) is 31.0 Å². The molecule has 11 nitrogen and oxygen atoms in total. The fourth-order valence-corrected chi connectivity index (χ4v) is 5.20. The lowest BCUT2D eigenvalue weighted by atomic mass is 10.2. The van der Waals surface area contributed by atoms with Crippen LogP contribution in [-0.2, 0) is 0 Å². The van der Waals surface area contributed by atoms with E-state index >= 15 is 0 Å². The highest BCUT2D eigenvalue weighted by Crippen LogP contribution is 2.34. The summed E-state index contributed by atoms with van der Waals surface area (Å²) in [6.07, 6.45) is 7.64. The highest BCUT2D eigenvalue weighted by Gasteiger charge is 2.26. The normalized spacial score (nSPS) is 17.9. The molecule has 1 aliphatic heterocycles. The summed E-state index contributed by atoms with van der Waals surface area (Å²) in [5, 5.41) is 20.6. The number of carbonyl (C=O) groups excluding carboxylic acids is 1. The van der Waals surface area contributed by atoms with Crippen LogP contribution in [0.3, 0.4) is 0 Å². The number of aromatic nitrogens is 4. The fraction of sp³-hybridized carbons (Fsp3) is 0.520. The lowest BCUT2D eigenvalue weighted by Crippen LogP contribution is -2.47. The van der Waals surface area contributed by atoms with Crippen LogP contribution in [0.1, 0.15) is 42.2 Å². The second-order valence-electron chi connectivity index (χ2n) is 9.74. The maximum atomic E-state index is 12.9. The molecule has 0 spiro atoms. The molecule has 192 valence electrons. The van der Waals surface area contributed by atoms with Gasteiger partial charge < -0.3 is 24.7 Å². The molecule has 2 N–H and O–H groups in total. The van der Waals surface area contributed by atoms with Crippen molar-refractivity contribution in [3.8, 4) is 0 Å². The first-order valence-electron chi connectivity index (χ1n) is 12.6. The summed E-state index contributed by atoms with van der Waals surface area (Å²) in [6, 6.07) is 5.77.